The number of amides is 1. The fourth-order valence-corrected chi connectivity index (χ4v) is 2.68. The summed E-state index contributed by atoms with van der Waals surface area (Å²) < 4.78 is 51.2. The molecule has 0 bridgehead atoms. The Morgan fingerprint density at radius 3 is 2.65 bits per heavy atom. The van der Waals surface area contributed by atoms with Crippen LogP contribution in [0.2, 0.25) is 0 Å². The Kier molecular flexibility index (Phi) is 4.88. The van der Waals surface area contributed by atoms with Crippen molar-refractivity contribution in [3.8, 4) is 0 Å². The highest BCUT2D eigenvalue weighted by atomic mass is 19.4. The van der Waals surface area contributed by atoms with E-state index in [1.54, 1.807) is 12.4 Å². The molecule has 134 valence electrons. The number of nitrogens with zero attached hydrogens (tertiary/aromatic N) is 1. The fraction of sp³-hybridized carbons (Fsp3) is 0.158. The van der Waals surface area contributed by atoms with Gasteiger partial charge in [0.05, 0.1) is 12.0 Å². The van der Waals surface area contributed by atoms with Gasteiger partial charge >= 0.3 is 6.18 Å². The molecule has 2 aromatic carbocycles. The first-order valence-electron chi connectivity index (χ1n) is 7.78. The second-order valence-corrected chi connectivity index (χ2v) is 5.78. The van der Waals surface area contributed by atoms with Crippen molar-refractivity contribution in [2.75, 3.05) is 0 Å². The first-order chi connectivity index (χ1) is 12.3. The molecule has 0 unspecified atom stereocenters. The Balaban J connectivity index is 1.67. The third-order valence-electron chi connectivity index (χ3n) is 3.95. The monoisotopic (exact) mass is 362 g/mol. The van der Waals surface area contributed by atoms with Gasteiger partial charge in [0, 0.05) is 24.3 Å². The number of hydrogen-bond acceptors (Lipinski definition) is 2. The third-order valence-corrected chi connectivity index (χ3v) is 3.95. The second kappa shape index (κ2) is 7.11. The number of hydrogen-bond donors (Lipinski definition) is 1. The highest BCUT2D eigenvalue weighted by molar-refractivity contribution is 5.89. The summed E-state index contributed by atoms with van der Waals surface area (Å²) in [4.78, 5) is 16.2. The number of alkyl halides is 3. The number of benzene rings is 2. The molecule has 0 aliphatic carbocycles. The zero-order valence-electron chi connectivity index (χ0n) is 13.5. The Morgan fingerprint density at radius 1 is 1.12 bits per heavy atom. The average Bonchev–Trinajstić information content (AvgIpc) is 2.59. The van der Waals surface area contributed by atoms with Crippen LogP contribution < -0.4 is 5.32 Å². The van der Waals surface area contributed by atoms with Gasteiger partial charge in [-0.05, 0) is 34.7 Å². The standard InChI is InChI=1S/C19H14F4N2O/c20-17-8-12(4-5-16(17)19(21,22)23)10-25-18(26)9-13-2-1-3-14-11-24-7-6-15(13)14/h1-8,11H,9-10H2,(H,25,26). The van der Waals surface area contributed by atoms with Crippen molar-refractivity contribution in [1.82, 2.24) is 10.3 Å². The maximum atomic E-state index is 13.6. The largest absolute Gasteiger partial charge is 0.419 e. The topological polar surface area (TPSA) is 42.0 Å². The van der Waals surface area contributed by atoms with E-state index < -0.39 is 17.6 Å². The fourth-order valence-electron chi connectivity index (χ4n) is 2.68. The molecule has 1 heterocycles. The minimum absolute atomic E-state index is 0.0553. The Morgan fingerprint density at radius 2 is 1.92 bits per heavy atom. The van der Waals surface area contributed by atoms with Gasteiger partial charge in [0.15, 0.2) is 0 Å². The zero-order valence-corrected chi connectivity index (χ0v) is 13.5. The molecule has 3 nitrogen and oxygen atoms in total. The molecular weight excluding hydrogens is 348 g/mol. The van der Waals surface area contributed by atoms with E-state index >= 15 is 0 Å². The summed E-state index contributed by atoms with van der Waals surface area (Å²) in [5.41, 5.74) is -0.260. The molecule has 0 radical (unpaired) electrons. The van der Waals surface area contributed by atoms with Crippen molar-refractivity contribution in [1.29, 1.82) is 0 Å². The SMILES string of the molecule is O=C(Cc1cccc2cnccc12)NCc1ccc(C(F)(F)F)c(F)c1. The number of nitrogens with one attached hydrogen (secondary N) is 1. The molecule has 3 rings (SSSR count). The van der Waals surface area contributed by atoms with Crippen molar-refractivity contribution < 1.29 is 22.4 Å². The Bertz CT molecular complexity index is 948. The summed E-state index contributed by atoms with van der Waals surface area (Å²) in [7, 11) is 0. The van der Waals surface area contributed by atoms with Gasteiger partial charge in [-0.2, -0.15) is 13.2 Å². The van der Waals surface area contributed by atoms with Crippen molar-refractivity contribution in [3.63, 3.8) is 0 Å². The van der Waals surface area contributed by atoms with Gasteiger partial charge in [0.25, 0.3) is 0 Å². The van der Waals surface area contributed by atoms with E-state index in [1.807, 2.05) is 24.3 Å². The van der Waals surface area contributed by atoms with Gasteiger partial charge in [0.1, 0.15) is 5.82 Å². The molecule has 1 amide bonds. The molecular formula is C19H14F4N2O. The zero-order chi connectivity index (χ0) is 18.7. The summed E-state index contributed by atoms with van der Waals surface area (Å²) in [5.74, 6) is -1.67. The van der Waals surface area contributed by atoms with Crippen LogP contribution in [0.4, 0.5) is 17.6 Å². The second-order valence-electron chi connectivity index (χ2n) is 5.78. The van der Waals surface area contributed by atoms with Crippen LogP contribution in [0.25, 0.3) is 10.8 Å². The number of fused-ring (bicyclic) bond motifs is 1. The lowest BCUT2D eigenvalue weighted by atomic mass is 10.0. The predicted octanol–water partition coefficient (Wildman–Crippen LogP) is 4.25. The third kappa shape index (κ3) is 3.99. The van der Waals surface area contributed by atoms with Crippen molar-refractivity contribution in [2.45, 2.75) is 19.1 Å². The molecule has 3 aromatic rings. The molecule has 0 atom stereocenters. The van der Waals surface area contributed by atoms with E-state index in [1.165, 1.54) is 0 Å². The molecule has 0 fully saturated rings. The average molecular weight is 362 g/mol. The van der Waals surface area contributed by atoms with Crippen LogP contribution in [-0.4, -0.2) is 10.9 Å². The minimum Gasteiger partial charge on any atom is -0.352 e. The Hall–Kier alpha value is -2.96. The normalized spacial score (nSPS) is 11.5. The number of carbonyl (C=O) groups is 1. The van der Waals surface area contributed by atoms with Crippen LogP contribution in [0.1, 0.15) is 16.7 Å². The van der Waals surface area contributed by atoms with Gasteiger partial charge in [-0.15, -0.1) is 0 Å². The summed E-state index contributed by atoms with van der Waals surface area (Å²) >= 11 is 0. The predicted molar refractivity (Wildman–Crippen MR) is 88.7 cm³/mol. The highest BCUT2D eigenvalue weighted by Gasteiger charge is 2.33. The lowest BCUT2D eigenvalue weighted by Gasteiger charge is -2.11. The van der Waals surface area contributed by atoms with Crippen LogP contribution in [0, 0.1) is 5.82 Å². The van der Waals surface area contributed by atoms with Crippen LogP contribution in [0.3, 0.4) is 0 Å². The number of pyridine rings is 1. The number of halogens is 4. The Labute approximate surface area is 146 Å². The number of aromatic nitrogens is 1. The van der Waals surface area contributed by atoms with Gasteiger partial charge < -0.3 is 5.32 Å². The van der Waals surface area contributed by atoms with E-state index in [4.69, 9.17) is 0 Å². The quantitative estimate of drug-likeness (QED) is 0.705. The van der Waals surface area contributed by atoms with Gasteiger partial charge in [-0.3, -0.25) is 9.78 Å². The molecule has 1 N–H and O–H groups in total. The first-order valence-corrected chi connectivity index (χ1v) is 7.78. The number of carbonyl (C=O) groups excluding carboxylic acids is 1. The summed E-state index contributed by atoms with van der Waals surface area (Å²) in [6, 6.07) is 9.94. The van der Waals surface area contributed by atoms with Crippen molar-refractivity contribution in [2.24, 2.45) is 0 Å². The molecule has 7 heteroatoms. The van der Waals surface area contributed by atoms with Gasteiger partial charge in [-0.25, -0.2) is 4.39 Å². The molecule has 0 aliphatic rings. The van der Waals surface area contributed by atoms with E-state index in [0.29, 0.717) is 6.07 Å². The summed E-state index contributed by atoms with van der Waals surface area (Å²) in [6.07, 6.45) is -1.31. The molecule has 0 spiro atoms. The van der Waals surface area contributed by atoms with Crippen molar-refractivity contribution >= 4 is 16.7 Å². The van der Waals surface area contributed by atoms with E-state index in [0.717, 1.165) is 28.5 Å². The van der Waals surface area contributed by atoms with Crippen LogP contribution in [0.5, 0.6) is 0 Å². The minimum atomic E-state index is -4.74. The van der Waals surface area contributed by atoms with E-state index in [-0.39, 0.29) is 24.4 Å². The summed E-state index contributed by atoms with van der Waals surface area (Å²) in [6.45, 7) is -0.0553. The van der Waals surface area contributed by atoms with Gasteiger partial charge in [0.2, 0.25) is 5.91 Å². The molecule has 0 aliphatic heterocycles. The molecule has 26 heavy (non-hydrogen) atoms. The maximum absolute atomic E-state index is 13.6. The van der Waals surface area contributed by atoms with E-state index in [2.05, 4.69) is 10.3 Å². The lowest BCUT2D eigenvalue weighted by Crippen LogP contribution is -2.24. The molecule has 0 saturated heterocycles. The lowest BCUT2D eigenvalue weighted by molar-refractivity contribution is -0.140. The molecule has 1 aromatic heterocycles. The molecule has 0 saturated carbocycles. The number of rotatable bonds is 4. The van der Waals surface area contributed by atoms with Crippen LogP contribution in [-0.2, 0) is 23.9 Å². The van der Waals surface area contributed by atoms with Gasteiger partial charge in [-0.1, -0.05) is 24.3 Å². The maximum Gasteiger partial charge on any atom is 0.419 e. The smallest absolute Gasteiger partial charge is 0.352 e. The van der Waals surface area contributed by atoms with Crippen LogP contribution >= 0.6 is 0 Å². The van der Waals surface area contributed by atoms with Crippen LogP contribution in [0.15, 0.2) is 54.9 Å². The highest BCUT2D eigenvalue weighted by Crippen LogP contribution is 2.31. The van der Waals surface area contributed by atoms with E-state index in [9.17, 15) is 22.4 Å². The summed E-state index contributed by atoms with van der Waals surface area (Å²) in [5, 5.41) is 4.40. The van der Waals surface area contributed by atoms with Crippen molar-refractivity contribution in [3.05, 3.63) is 77.4 Å². The first kappa shape index (κ1) is 17.8.